The predicted octanol–water partition coefficient (Wildman–Crippen LogP) is 7.51. The number of aromatic nitrogens is 2. The number of piperazine rings is 1. The summed E-state index contributed by atoms with van der Waals surface area (Å²) in [7, 11) is 0. The monoisotopic (exact) mass is 725 g/mol. The highest BCUT2D eigenvalue weighted by atomic mass is 19.1. The Hall–Kier alpha value is -5.07. The van der Waals surface area contributed by atoms with Gasteiger partial charge in [0.1, 0.15) is 18.2 Å². The number of carbonyl (C=O) groups excluding carboxylic acids is 2. The zero-order valence-electron chi connectivity index (χ0n) is 31.7. The van der Waals surface area contributed by atoms with Gasteiger partial charge >= 0.3 is 6.09 Å². The van der Waals surface area contributed by atoms with Gasteiger partial charge in [-0.1, -0.05) is 37.3 Å². The summed E-state index contributed by atoms with van der Waals surface area (Å²) in [5.41, 5.74) is 5.14. The Labute approximate surface area is 312 Å². The third-order valence-corrected chi connectivity index (χ3v) is 9.68. The van der Waals surface area contributed by atoms with E-state index in [1.165, 1.54) is 18.3 Å². The van der Waals surface area contributed by atoms with Crippen molar-refractivity contribution in [1.82, 2.24) is 25.1 Å². The van der Waals surface area contributed by atoms with Crippen LogP contribution in [-0.2, 0) is 11.2 Å². The highest BCUT2D eigenvalue weighted by Gasteiger charge is 2.19. The zero-order valence-corrected chi connectivity index (χ0v) is 31.7. The molecule has 5 rings (SSSR count). The van der Waals surface area contributed by atoms with Crippen molar-refractivity contribution in [2.24, 2.45) is 0 Å². The first-order chi connectivity index (χ1) is 25.5. The van der Waals surface area contributed by atoms with Crippen molar-refractivity contribution in [1.29, 1.82) is 0 Å². The van der Waals surface area contributed by atoms with E-state index in [9.17, 15) is 14.0 Å². The molecule has 1 atom stereocenters. The molecule has 3 aromatic carbocycles. The summed E-state index contributed by atoms with van der Waals surface area (Å²) in [6.45, 7) is 17.6. The van der Waals surface area contributed by atoms with Crippen molar-refractivity contribution in [3.8, 4) is 22.6 Å². The summed E-state index contributed by atoms with van der Waals surface area (Å²) >= 11 is 0. The van der Waals surface area contributed by atoms with Crippen LogP contribution >= 0.6 is 0 Å². The van der Waals surface area contributed by atoms with Crippen molar-refractivity contribution < 1.29 is 23.5 Å². The smallest absolute Gasteiger partial charge is 0.418 e. The average molecular weight is 726 g/mol. The Balaban J connectivity index is 1.20. The van der Waals surface area contributed by atoms with Crippen LogP contribution in [0.25, 0.3) is 11.1 Å². The highest BCUT2D eigenvalue weighted by molar-refractivity contribution is 5.87. The Morgan fingerprint density at radius 3 is 2.47 bits per heavy atom. The van der Waals surface area contributed by atoms with Crippen LogP contribution in [0.4, 0.5) is 26.6 Å². The predicted molar refractivity (Wildman–Crippen MR) is 208 cm³/mol. The van der Waals surface area contributed by atoms with Crippen LogP contribution in [-0.4, -0.2) is 83.2 Å². The van der Waals surface area contributed by atoms with Gasteiger partial charge in [0.2, 0.25) is 11.9 Å². The molecule has 1 fully saturated rings. The molecule has 1 unspecified atom stereocenters. The van der Waals surface area contributed by atoms with Crippen molar-refractivity contribution in [3.05, 3.63) is 89.4 Å². The quantitative estimate of drug-likeness (QED) is 0.114. The molecule has 4 aromatic rings. The first kappa shape index (κ1) is 39.1. The minimum Gasteiger partial charge on any atom is -0.489 e. The van der Waals surface area contributed by atoms with Gasteiger partial charge in [-0.2, -0.15) is 4.98 Å². The lowest BCUT2D eigenvalue weighted by molar-refractivity contribution is -0.121. The number of amides is 2. The summed E-state index contributed by atoms with van der Waals surface area (Å²) in [4.78, 5) is 39.1. The van der Waals surface area contributed by atoms with Crippen LogP contribution in [0.15, 0.2) is 66.9 Å². The number of anilines is 3. The summed E-state index contributed by atoms with van der Waals surface area (Å²) in [6.07, 6.45) is 2.38. The standard InChI is InChI=1S/C41H52FN7O4/c1-7-29(5)44-39(50)16-12-31-11-14-34(33-10-8-9-28(4)30(33)6)37(25-31)53-41(51)47-38-17-18-43-40(46-38)45-32-13-15-36(35(42)26-32)52-24-23-48-19-21-49(22-20-48)27(2)3/h8-11,13-15,17-18,25-27,29H,7,12,16,19-24H2,1-6H3,(H,44,50)(H2,43,45,46,47,51). The lowest BCUT2D eigenvalue weighted by atomic mass is 9.95. The highest BCUT2D eigenvalue weighted by Crippen LogP contribution is 2.35. The molecule has 0 aliphatic carbocycles. The van der Waals surface area contributed by atoms with Gasteiger partial charge in [-0.3, -0.25) is 19.9 Å². The molecular formula is C41H52FN7O4. The van der Waals surface area contributed by atoms with Crippen LogP contribution in [0.5, 0.6) is 11.5 Å². The van der Waals surface area contributed by atoms with Crippen molar-refractivity contribution in [2.75, 3.05) is 50.0 Å². The number of benzene rings is 3. The number of rotatable bonds is 15. The number of aryl methyl sites for hydroxylation is 2. The fraction of sp³-hybridized carbons (Fsp3) is 0.415. The molecule has 2 heterocycles. The average Bonchev–Trinajstić information content (AvgIpc) is 3.13. The van der Waals surface area contributed by atoms with E-state index in [1.54, 1.807) is 18.2 Å². The topological polar surface area (TPSA) is 121 Å². The van der Waals surface area contributed by atoms with E-state index in [2.05, 4.69) is 49.6 Å². The van der Waals surface area contributed by atoms with Gasteiger partial charge < -0.3 is 20.1 Å². The van der Waals surface area contributed by atoms with Gasteiger partial charge in [0.15, 0.2) is 11.6 Å². The second-order valence-corrected chi connectivity index (χ2v) is 13.8. The minimum atomic E-state index is -0.748. The van der Waals surface area contributed by atoms with Gasteiger partial charge in [-0.25, -0.2) is 14.2 Å². The largest absolute Gasteiger partial charge is 0.489 e. The molecule has 1 aliphatic heterocycles. The summed E-state index contributed by atoms with van der Waals surface area (Å²) in [5, 5.41) is 8.66. The molecule has 282 valence electrons. The van der Waals surface area contributed by atoms with E-state index >= 15 is 0 Å². The number of hydrogen-bond donors (Lipinski definition) is 3. The van der Waals surface area contributed by atoms with E-state index in [0.717, 1.165) is 67.0 Å². The lowest BCUT2D eigenvalue weighted by Gasteiger charge is -2.36. The zero-order chi connectivity index (χ0) is 37.9. The molecule has 0 radical (unpaired) electrons. The fourth-order valence-electron chi connectivity index (χ4n) is 6.11. The summed E-state index contributed by atoms with van der Waals surface area (Å²) < 4.78 is 26.6. The van der Waals surface area contributed by atoms with E-state index in [-0.39, 0.29) is 29.5 Å². The normalized spacial score (nSPS) is 14.1. The van der Waals surface area contributed by atoms with Gasteiger partial charge in [0.25, 0.3) is 0 Å². The number of halogens is 1. The molecule has 0 saturated carbocycles. The Bertz CT molecular complexity index is 1860. The third-order valence-electron chi connectivity index (χ3n) is 9.68. The summed E-state index contributed by atoms with van der Waals surface area (Å²) in [6, 6.07) is 18.4. The Kier molecular flexibility index (Phi) is 13.7. The van der Waals surface area contributed by atoms with Crippen LogP contribution in [0.1, 0.15) is 57.2 Å². The second kappa shape index (κ2) is 18.6. The number of nitrogens with one attached hydrogen (secondary N) is 3. The molecule has 0 spiro atoms. The van der Waals surface area contributed by atoms with E-state index in [4.69, 9.17) is 9.47 Å². The van der Waals surface area contributed by atoms with Crippen LogP contribution in [0.2, 0.25) is 0 Å². The van der Waals surface area contributed by atoms with Crippen molar-refractivity contribution in [2.45, 2.75) is 72.9 Å². The molecule has 11 nitrogen and oxygen atoms in total. The molecule has 1 saturated heterocycles. The van der Waals surface area contributed by atoms with Gasteiger partial charge in [0.05, 0.1) is 0 Å². The molecule has 53 heavy (non-hydrogen) atoms. The minimum absolute atomic E-state index is 0.0276. The van der Waals surface area contributed by atoms with E-state index in [1.807, 2.05) is 58.0 Å². The number of nitrogens with zero attached hydrogens (tertiary/aromatic N) is 4. The third kappa shape index (κ3) is 11.2. The molecule has 12 heteroatoms. The summed E-state index contributed by atoms with van der Waals surface area (Å²) in [5.74, 6) is 0.346. The first-order valence-corrected chi connectivity index (χ1v) is 18.5. The van der Waals surface area contributed by atoms with Crippen LogP contribution < -0.4 is 25.4 Å². The van der Waals surface area contributed by atoms with Crippen molar-refractivity contribution >= 4 is 29.5 Å². The van der Waals surface area contributed by atoms with E-state index in [0.29, 0.717) is 36.9 Å². The fourth-order valence-corrected chi connectivity index (χ4v) is 6.11. The van der Waals surface area contributed by atoms with Crippen molar-refractivity contribution in [3.63, 3.8) is 0 Å². The molecule has 3 N–H and O–H groups in total. The number of hydrogen-bond acceptors (Lipinski definition) is 9. The van der Waals surface area contributed by atoms with Gasteiger partial charge in [0, 0.05) is 74.7 Å². The number of carbonyl (C=O) groups is 2. The molecule has 1 aliphatic rings. The maximum absolute atomic E-state index is 15.0. The molecular weight excluding hydrogens is 673 g/mol. The molecule has 0 bridgehead atoms. The Morgan fingerprint density at radius 2 is 1.74 bits per heavy atom. The SMILES string of the molecule is CCC(C)NC(=O)CCc1ccc(-c2cccc(C)c2C)c(OC(=O)Nc2ccnc(Nc3ccc(OCCN4CCN(C(C)C)CC4)c(F)c3)n2)c1. The molecule has 2 amide bonds. The Morgan fingerprint density at radius 1 is 0.943 bits per heavy atom. The van der Waals surface area contributed by atoms with Gasteiger partial charge in [-0.15, -0.1) is 0 Å². The molecule has 1 aromatic heterocycles. The lowest BCUT2D eigenvalue weighted by Crippen LogP contribution is -2.49. The maximum Gasteiger partial charge on any atom is 0.418 e. The number of ether oxygens (including phenoxy) is 2. The van der Waals surface area contributed by atoms with Crippen LogP contribution in [0.3, 0.4) is 0 Å². The first-order valence-electron chi connectivity index (χ1n) is 18.5. The van der Waals surface area contributed by atoms with Crippen LogP contribution in [0, 0.1) is 19.7 Å². The maximum atomic E-state index is 15.0. The van der Waals surface area contributed by atoms with E-state index < -0.39 is 11.9 Å². The second-order valence-electron chi connectivity index (χ2n) is 13.8. The van der Waals surface area contributed by atoms with Gasteiger partial charge in [-0.05, 0) is 94.0 Å².